The fraction of sp³-hybridized carbons (Fsp3) is 1.00. The minimum atomic E-state index is -0.0691. The molecule has 0 rings (SSSR count). The Balaban J connectivity index is 3.50. The zero-order valence-electron chi connectivity index (χ0n) is 18.3. The van der Waals surface area contributed by atoms with E-state index in [0.29, 0.717) is 0 Å². The van der Waals surface area contributed by atoms with Crippen LogP contribution in [0.4, 0.5) is 0 Å². The zero-order valence-corrected chi connectivity index (χ0v) is 19.9. The van der Waals surface area contributed by atoms with Gasteiger partial charge in [0.25, 0.3) is 0 Å². The highest BCUT2D eigenvalue weighted by Crippen LogP contribution is 2.19. The minimum Gasteiger partial charge on any atom is -0.352 e. The van der Waals surface area contributed by atoms with E-state index >= 15 is 0 Å². The van der Waals surface area contributed by atoms with Crippen LogP contribution < -0.4 is 0 Å². The predicted molar refractivity (Wildman–Crippen MR) is 123 cm³/mol. The second kappa shape index (κ2) is 20.4. The number of thioether (sulfide) groups is 2. The maximum atomic E-state index is 5.79. The quantitative estimate of drug-likeness (QED) is 0.156. The Kier molecular flexibility index (Phi) is 20.8. The van der Waals surface area contributed by atoms with E-state index in [2.05, 4.69) is 27.7 Å². The lowest BCUT2D eigenvalue weighted by atomic mass is 10.0. The van der Waals surface area contributed by atoms with Gasteiger partial charge < -0.3 is 9.47 Å². The van der Waals surface area contributed by atoms with Gasteiger partial charge in [-0.15, -0.1) is 0 Å². The Morgan fingerprint density at radius 3 is 1.46 bits per heavy atom. The lowest BCUT2D eigenvalue weighted by molar-refractivity contribution is -0.121. The van der Waals surface area contributed by atoms with Crippen LogP contribution in [-0.2, 0) is 9.47 Å². The number of hydrogen-bond donors (Lipinski definition) is 0. The van der Waals surface area contributed by atoms with Crippen molar-refractivity contribution in [1.82, 2.24) is 0 Å². The first-order valence-corrected chi connectivity index (χ1v) is 13.4. The molecule has 0 aliphatic carbocycles. The summed E-state index contributed by atoms with van der Waals surface area (Å²) in [5.74, 6) is 6.50. The maximum absolute atomic E-state index is 5.79. The third kappa shape index (κ3) is 16.8. The highest BCUT2D eigenvalue weighted by atomic mass is 32.2. The molecule has 0 aromatic heterocycles. The minimum absolute atomic E-state index is 0.0691. The van der Waals surface area contributed by atoms with E-state index in [9.17, 15) is 0 Å². The Bertz CT molecular complexity index is 251. The van der Waals surface area contributed by atoms with Gasteiger partial charge in [-0.2, -0.15) is 23.5 Å². The van der Waals surface area contributed by atoms with Gasteiger partial charge in [-0.25, -0.2) is 0 Å². The van der Waals surface area contributed by atoms with Gasteiger partial charge in [-0.3, -0.25) is 0 Å². The topological polar surface area (TPSA) is 18.5 Å². The lowest BCUT2D eigenvalue weighted by Crippen LogP contribution is -2.17. The number of ether oxygens (including phenoxy) is 2. The summed E-state index contributed by atoms with van der Waals surface area (Å²) in [5, 5.41) is 0. The Morgan fingerprint density at radius 1 is 0.692 bits per heavy atom. The van der Waals surface area contributed by atoms with E-state index in [1.165, 1.54) is 62.9 Å². The molecule has 0 heterocycles. The van der Waals surface area contributed by atoms with Crippen LogP contribution in [0.1, 0.15) is 86.0 Å². The van der Waals surface area contributed by atoms with Gasteiger partial charge in [0.1, 0.15) is 0 Å². The third-order valence-corrected chi connectivity index (χ3v) is 7.28. The van der Waals surface area contributed by atoms with Crippen molar-refractivity contribution in [3.8, 4) is 0 Å². The van der Waals surface area contributed by atoms with Gasteiger partial charge >= 0.3 is 0 Å². The van der Waals surface area contributed by atoms with Crippen LogP contribution in [0.5, 0.6) is 0 Å². The molecule has 4 heteroatoms. The zero-order chi connectivity index (χ0) is 19.5. The van der Waals surface area contributed by atoms with Gasteiger partial charge in [0.15, 0.2) is 6.29 Å². The first kappa shape index (κ1) is 26.6. The van der Waals surface area contributed by atoms with Gasteiger partial charge in [0, 0.05) is 11.5 Å². The smallest absolute Gasteiger partial charge is 0.154 e. The third-order valence-electron chi connectivity index (χ3n) is 4.95. The SMILES string of the molecule is CCCC[C@@H](CC)CSCCOC(C)OCCSC[C@H](CC)CCCC. The van der Waals surface area contributed by atoms with Crippen LogP contribution >= 0.6 is 23.5 Å². The molecule has 0 aliphatic heterocycles. The van der Waals surface area contributed by atoms with Crippen molar-refractivity contribution in [2.45, 2.75) is 92.3 Å². The highest BCUT2D eigenvalue weighted by molar-refractivity contribution is 7.99. The fourth-order valence-corrected chi connectivity index (χ4v) is 5.12. The van der Waals surface area contributed by atoms with Crippen LogP contribution in [0, 0.1) is 11.8 Å². The average molecular weight is 407 g/mol. The summed E-state index contributed by atoms with van der Waals surface area (Å²) in [6, 6.07) is 0. The summed E-state index contributed by atoms with van der Waals surface area (Å²) in [4.78, 5) is 0. The molecule has 0 saturated heterocycles. The standard InChI is InChI=1S/C22H46O2S2/c1-6-10-12-21(8-3)18-25-16-14-23-20(5)24-15-17-26-19-22(9-4)13-11-7-2/h20-22H,6-19H2,1-5H3/t21-,22-/m1/s1. The summed E-state index contributed by atoms with van der Waals surface area (Å²) in [5.41, 5.74) is 0. The number of unbranched alkanes of at least 4 members (excludes halogenated alkanes) is 2. The van der Waals surface area contributed by atoms with Gasteiger partial charge in [-0.05, 0) is 43.1 Å². The van der Waals surface area contributed by atoms with E-state index in [0.717, 1.165) is 36.6 Å². The molecule has 0 aromatic rings. The first-order chi connectivity index (χ1) is 12.7. The number of hydrogen-bond acceptors (Lipinski definition) is 4. The fourth-order valence-electron chi connectivity index (χ4n) is 2.89. The summed E-state index contributed by atoms with van der Waals surface area (Å²) in [6.07, 6.45) is 10.7. The monoisotopic (exact) mass is 406 g/mol. The van der Waals surface area contributed by atoms with Crippen molar-refractivity contribution in [3.63, 3.8) is 0 Å². The molecule has 0 spiro atoms. The molecule has 0 N–H and O–H groups in total. The molecule has 0 aromatic carbocycles. The van der Waals surface area contributed by atoms with E-state index in [4.69, 9.17) is 9.47 Å². The molecule has 0 aliphatic rings. The highest BCUT2D eigenvalue weighted by Gasteiger charge is 2.08. The lowest BCUT2D eigenvalue weighted by Gasteiger charge is -2.17. The molecular weight excluding hydrogens is 360 g/mol. The Morgan fingerprint density at radius 2 is 1.12 bits per heavy atom. The van der Waals surface area contributed by atoms with Gasteiger partial charge in [-0.1, -0.05) is 66.2 Å². The van der Waals surface area contributed by atoms with E-state index < -0.39 is 0 Å². The van der Waals surface area contributed by atoms with E-state index in [-0.39, 0.29) is 6.29 Å². The van der Waals surface area contributed by atoms with Crippen LogP contribution in [-0.4, -0.2) is 42.5 Å². The molecule has 0 bridgehead atoms. The molecular formula is C22H46O2S2. The van der Waals surface area contributed by atoms with E-state index in [1.807, 2.05) is 30.4 Å². The van der Waals surface area contributed by atoms with E-state index in [1.54, 1.807) is 0 Å². The van der Waals surface area contributed by atoms with Crippen LogP contribution in [0.15, 0.2) is 0 Å². The maximum Gasteiger partial charge on any atom is 0.154 e. The van der Waals surface area contributed by atoms with Crippen molar-refractivity contribution in [2.24, 2.45) is 11.8 Å². The summed E-state index contributed by atoms with van der Waals surface area (Å²) < 4.78 is 11.6. The van der Waals surface area contributed by atoms with Crippen molar-refractivity contribution < 1.29 is 9.47 Å². The summed E-state index contributed by atoms with van der Waals surface area (Å²) >= 11 is 4.08. The Hall–Kier alpha value is 0.620. The Labute approximate surface area is 173 Å². The van der Waals surface area contributed by atoms with Crippen molar-refractivity contribution in [1.29, 1.82) is 0 Å². The largest absolute Gasteiger partial charge is 0.352 e. The summed E-state index contributed by atoms with van der Waals surface area (Å²) in [7, 11) is 0. The number of rotatable bonds is 20. The second-order valence-electron chi connectivity index (χ2n) is 7.29. The first-order valence-electron chi connectivity index (χ1n) is 11.1. The average Bonchev–Trinajstić information content (AvgIpc) is 2.66. The molecule has 158 valence electrons. The predicted octanol–water partition coefficient (Wildman–Crippen LogP) is 7.26. The molecule has 26 heavy (non-hydrogen) atoms. The van der Waals surface area contributed by atoms with Crippen LogP contribution in [0.25, 0.3) is 0 Å². The van der Waals surface area contributed by atoms with Crippen molar-refractivity contribution in [2.75, 3.05) is 36.2 Å². The molecule has 0 unspecified atom stereocenters. The molecule has 0 amide bonds. The molecule has 2 nitrogen and oxygen atoms in total. The molecule has 0 saturated carbocycles. The normalized spacial score (nSPS) is 14.1. The van der Waals surface area contributed by atoms with Crippen LogP contribution in [0.3, 0.4) is 0 Å². The molecule has 0 radical (unpaired) electrons. The van der Waals surface area contributed by atoms with Gasteiger partial charge in [0.2, 0.25) is 0 Å². The van der Waals surface area contributed by atoms with Crippen molar-refractivity contribution in [3.05, 3.63) is 0 Å². The van der Waals surface area contributed by atoms with Crippen molar-refractivity contribution >= 4 is 23.5 Å². The van der Waals surface area contributed by atoms with Crippen LogP contribution in [0.2, 0.25) is 0 Å². The molecule has 0 fully saturated rings. The van der Waals surface area contributed by atoms with Gasteiger partial charge in [0.05, 0.1) is 13.2 Å². The summed E-state index contributed by atoms with van der Waals surface area (Å²) in [6.45, 7) is 12.8. The molecule has 2 atom stereocenters. The second-order valence-corrected chi connectivity index (χ2v) is 9.59.